The van der Waals surface area contributed by atoms with Crippen LogP contribution in [0.1, 0.15) is 46.5 Å². The van der Waals surface area contributed by atoms with Gasteiger partial charge in [0.1, 0.15) is 0 Å². The molecule has 1 fully saturated rings. The lowest BCUT2D eigenvalue weighted by molar-refractivity contribution is 0.152. The maximum Gasteiger partial charge on any atom is 0.264 e. The fourth-order valence-electron chi connectivity index (χ4n) is 3.06. The van der Waals surface area contributed by atoms with E-state index in [9.17, 15) is 8.42 Å². The third kappa shape index (κ3) is 6.38. The summed E-state index contributed by atoms with van der Waals surface area (Å²) in [5, 5.41) is 3.40. The van der Waals surface area contributed by atoms with Gasteiger partial charge in [0.2, 0.25) is 0 Å². The van der Waals surface area contributed by atoms with Gasteiger partial charge in [0.05, 0.1) is 5.75 Å². The second-order valence-corrected chi connectivity index (χ2v) is 7.78. The summed E-state index contributed by atoms with van der Waals surface area (Å²) in [6, 6.07) is 0.482. The zero-order valence-corrected chi connectivity index (χ0v) is 11.9. The van der Waals surface area contributed by atoms with Crippen LogP contribution in [0.15, 0.2) is 0 Å². The number of rotatable bonds is 5. The van der Waals surface area contributed by atoms with Crippen LogP contribution in [-0.4, -0.2) is 31.3 Å². The van der Waals surface area contributed by atoms with E-state index in [-0.39, 0.29) is 5.75 Å². The van der Waals surface area contributed by atoms with E-state index < -0.39 is 10.1 Å². The molecule has 0 amide bonds. The molecule has 0 saturated heterocycles. The lowest BCUT2D eigenvalue weighted by Gasteiger charge is -2.39. The molecule has 2 unspecified atom stereocenters. The Hall–Kier alpha value is -0.130. The normalized spacial score (nSPS) is 29.2. The molecule has 0 bridgehead atoms. The third-order valence-electron chi connectivity index (χ3n) is 3.40. The molecule has 5 heteroatoms. The Balaban J connectivity index is 2.27. The topological polar surface area (TPSA) is 66.4 Å². The van der Waals surface area contributed by atoms with Crippen molar-refractivity contribution in [3.63, 3.8) is 0 Å². The van der Waals surface area contributed by atoms with Crippen molar-refractivity contribution in [1.29, 1.82) is 0 Å². The minimum Gasteiger partial charge on any atom is -0.314 e. The molecule has 0 aromatic carbocycles. The monoisotopic (exact) mass is 263 g/mol. The largest absolute Gasteiger partial charge is 0.314 e. The summed E-state index contributed by atoms with van der Waals surface area (Å²) in [6.45, 7) is 7.51. The zero-order chi connectivity index (χ0) is 13.1. The summed E-state index contributed by atoms with van der Waals surface area (Å²) in [4.78, 5) is 0. The van der Waals surface area contributed by atoms with Crippen molar-refractivity contribution in [3.05, 3.63) is 0 Å². The van der Waals surface area contributed by atoms with Crippen LogP contribution in [-0.2, 0) is 10.1 Å². The minimum absolute atomic E-state index is 0.147. The molecule has 2 N–H and O–H groups in total. The second kappa shape index (κ2) is 5.67. The summed E-state index contributed by atoms with van der Waals surface area (Å²) in [7, 11) is -3.80. The number of hydrogen-bond donors (Lipinski definition) is 2. The quantitative estimate of drug-likeness (QED) is 0.588. The van der Waals surface area contributed by atoms with Gasteiger partial charge in [-0.2, -0.15) is 8.42 Å². The predicted octanol–water partition coefficient (Wildman–Crippen LogP) is 2.07. The number of hydrogen-bond acceptors (Lipinski definition) is 3. The van der Waals surface area contributed by atoms with Crippen LogP contribution in [0.3, 0.4) is 0 Å². The molecular formula is C12H25NO3S. The van der Waals surface area contributed by atoms with Gasteiger partial charge >= 0.3 is 0 Å². The van der Waals surface area contributed by atoms with Gasteiger partial charge in [-0.1, -0.05) is 20.8 Å². The van der Waals surface area contributed by atoms with E-state index in [0.717, 1.165) is 18.8 Å². The van der Waals surface area contributed by atoms with Crippen LogP contribution >= 0.6 is 0 Å². The molecule has 1 rings (SSSR count). The average Bonchev–Trinajstić information content (AvgIpc) is 2.07. The molecule has 1 aliphatic rings. The van der Waals surface area contributed by atoms with E-state index in [1.807, 2.05) is 0 Å². The molecule has 0 radical (unpaired) electrons. The number of nitrogens with one attached hydrogen (secondary N) is 1. The Bertz CT molecular complexity index is 338. The smallest absolute Gasteiger partial charge is 0.264 e. The van der Waals surface area contributed by atoms with Gasteiger partial charge in [-0.25, -0.2) is 0 Å². The van der Waals surface area contributed by atoms with E-state index in [2.05, 4.69) is 26.1 Å². The van der Waals surface area contributed by atoms with Crippen LogP contribution in [0.2, 0.25) is 0 Å². The van der Waals surface area contributed by atoms with Crippen molar-refractivity contribution in [2.75, 3.05) is 12.3 Å². The van der Waals surface area contributed by atoms with Crippen LogP contribution in [0, 0.1) is 11.3 Å². The van der Waals surface area contributed by atoms with E-state index in [0.29, 0.717) is 24.4 Å². The minimum atomic E-state index is -3.80. The molecular weight excluding hydrogens is 238 g/mol. The highest BCUT2D eigenvalue weighted by molar-refractivity contribution is 7.85. The van der Waals surface area contributed by atoms with Crippen molar-refractivity contribution in [3.8, 4) is 0 Å². The molecule has 1 saturated carbocycles. The third-order valence-corrected chi connectivity index (χ3v) is 4.20. The van der Waals surface area contributed by atoms with E-state index in [1.165, 1.54) is 6.42 Å². The van der Waals surface area contributed by atoms with E-state index >= 15 is 0 Å². The fourth-order valence-corrected chi connectivity index (χ4v) is 3.57. The van der Waals surface area contributed by atoms with E-state index in [1.54, 1.807) is 0 Å². The Morgan fingerprint density at radius 2 is 2.00 bits per heavy atom. The van der Waals surface area contributed by atoms with Crippen molar-refractivity contribution < 1.29 is 13.0 Å². The highest BCUT2D eigenvalue weighted by atomic mass is 32.2. The molecule has 0 heterocycles. The van der Waals surface area contributed by atoms with Crippen molar-refractivity contribution in [1.82, 2.24) is 5.32 Å². The van der Waals surface area contributed by atoms with Gasteiger partial charge < -0.3 is 5.32 Å². The standard InChI is InChI=1S/C12H25NO3S/c1-10-7-11(9-12(2,3)8-10)13-5-4-6-17(14,15)16/h10-11,13H,4-9H2,1-3H3,(H,14,15,16). The summed E-state index contributed by atoms with van der Waals surface area (Å²) in [6.07, 6.45) is 4.04. The Labute approximate surface area is 105 Å². The first-order chi connectivity index (χ1) is 7.68. The van der Waals surface area contributed by atoms with Crippen LogP contribution < -0.4 is 5.32 Å². The highest BCUT2D eigenvalue weighted by Crippen LogP contribution is 2.38. The Kier molecular flexibility index (Phi) is 4.98. The molecule has 1 aliphatic carbocycles. The first kappa shape index (κ1) is 14.9. The van der Waals surface area contributed by atoms with Gasteiger partial charge in [0, 0.05) is 6.04 Å². The van der Waals surface area contributed by atoms with Crippen molar-refractivity contribution in [2.24, 2.45) is 11.3 Å². The van der Waals surface area contributed by atoms with Crippen molar-refractivity contribution in [2.45, 2.75) is 52.5 Å². The molecule has 2 atom stereocenters. The maximum absolute atomic E-state index is 10.6. The van der Waals surface area contributed by atoms with Crippen LogP contribution in [0.5, 0.6) is 0 Å². The highest BCUT2D eigenvalue weighted by Gasteiger charge is 2.31. The van der Waals surface area contributed by atoms with Crippen LogP contribution in [0.25, 0.3) is 0 Å². The molecule has 4 nitrogen and oxygen atoms in total. The lowest BCUT2D eigenvalue weighted by Crippen LogP contribution is -2.40. The molecule has 102 valence electrons. The SMILES string of the molecule is CC1CC(NCCCS(=O)(=O)O)CC(C)(C)C1. The van der Waals surface area contributed by atoms with Crippen LogP contribution in [0.4, 0.5) is 0 Å². The fraction of sp³-hybridized carbons (Fsp3) is 1.00. The Morgan fingerprint density at radius 3 is 2.53 bits per heavy atom. The summed E-state index contributed by atoms with van der Waals surface area (Å²) < 4.78 is 29.8. The van der Waals surface area contributed by atoms with Crippen molar-refractivity contribution >= 4 is 10.1 Å². The predicted molar refractivity (Wildman–Crippen MR) is 69.6 cm³/mol. The Morgan fingerprint density at radius 1 is 1.35 bits per heavy atom. The lowest BCUT2D eigenvalue weighted by atomic mass is 9.70. The molecule has 0 spiro atoms. The molecule has 0 aromatic rings. The van der Waals surface area contributed by atoms with E-state index in [4.69, 9.17) is 4.55 Å². The maximum atomic E-state index is 10.6. The summed E-state index contributed by atoms with van der Waals surface area (Å²) in [5.74, 6) is 0.573. The molecule has 0 aliphatic heterocycles. The van der Waals surface area contributed by atoms with Gasteiger partial charge in [0.15, 0.2) is 0 Å². The first-order valence-electron chi connectivity index (χ1n) is 6.36. The average molecular weight is 263 g/mol. The van der Waals surface area contributed by atoms with Gasteiger partial charge in [-0.05, 0) is 43.6 Å². The van der Waals surface area contributed by atoms with Gasteiger partial charge in [-0.15, -0.1) is 0 Å². The molecule has 17 heavy (non-hydrogen) atoms. The van der Waals surface area contributed by atoms with Gasteiger partial charge in [0.25, 0.3) is 10.1 Å². The van der Waals surface area contributed by atoms with Gasteiger partial charge in [-0.3, -0.25) is 4.55 Å². The first-order valence-corrected chi connectivity index (χ1v) is 7.97. The second-order valence-electron chi connectivity index (χ2n) is 6.20. The summed E-state index contributed by atoms with van der Waals surface area (Å²) in [5.41, 5.74) is 0.373. The summed E-state index contributed by atoms with van der Waals surface area (Å²) >= 11 is 0. The molecule has 0 aromatic heterocycles. The zero-order valence-electron chi connectivity index (χ0n) is 11.1.